The van der Waals surface area contributed by atoms with Gasteiger partial charge in [0.05, 0.1) is 33.5 Å². The van der Waals surface area contributed by atoms with Gasteiger partial charge in [-0.25, -0.2) is 0 Å². The molecule has 0 unspecified atom stereocenters. The highest BCUT2D eigenvalue weighted by atomic mass is 32.1. The number of thiocarbonyl (C=S) groups is 1. The van der Waals surface area contributed by atoms with Crippen LogP contribution in [0.4, 0.5) is 5.95 Å². The summed E-state index contributed by atoms with van der Waals surface area (Å²) >= 11 is 4.34. The minimum Gasteiger partial charge on any atom is -0.481 e. The second-order valence-electron chi connectivity index (χ2n) is 1.75. The third-order valence-electron chi connectivity index (χ3n) is 1.02. The molecule has 0 amide bonds. The first kappa shape index (κ1) is 4.13. The zero-order valence-corrected chi connectivity index (χ0v) is 6.96. The van der Waals surface area contributed by atoms with Crippen LogP contribution in [-0.4, -0.2) is 29.2 Å². The molecule has 0 saturated carbocycles. The Labute approximate surface area is 88.9 Å². The third kappa shape index (κ3) is 2.47. The number of methoxy groups -OCH3 is 2. The van der Waals surface area contributed by atoms with Gasteiger partial charge in [0.15, 0.2) is 0 Å². The zero-order chi connectivity index (χ0) is 14.7. The Hall–Kier alpha value is -1.52. The van der Waals surface area contributed by atoms with E-state index in [9.17, 15) is 0 Å². The van der Waals surface area contributed by atoms with Crippen molar-refractivity contribution in [1.82, 2.24) is 9.97 Å². The summed E-state index contributed by atoms with van der Waals surface area (Å²) in [7, 11) is -5.52. The van der Waals surface area contributed by atoms with E-state index < -0.39 is 25.8 Å². The van der Waals surface area contributed by atoms with Gasteiger partial charge in [0.2, 0.25) is 11.8 Å². The smallest absolute Gasteiger partial charge is 0.265 e. The van der Waals surface area contributed by atoms with Crippen molar-refractivity contribution in [2.24, 2.45) is 4.99 Å². The molecule has 0 aliphatic heterocycles. The first-order valence-corrected chi connectivity index (χ1v) is 3.35. The summed E-state index contributed by atoms with van der Waals surface area (Å²) in [5.41, 5.74) is 0. The van der Waals surface area contributed by atoms with E-state index in [1.54, 1.807) is 0 Å². The molecule has 0 bridgehead atoms. The Kier molecular flexibility index (Phi) is 1.43. The van der Waals surface area contributed by atoms with E-state index in [1.165, 1.54) is 0 Å². The summed E-state index contributed by atoms with van der Waals surface area (Å²) in [5.74, 6) is -1.16. The van der Waals surface area contributed by atoms with Crippen LogP contribution in [0.5, 0.6) is 11.8 Å². The van der Waals surface area contributed by atoms with Gasteiger partial charge >= 0.3 is 0 Å². The molecule has 0 atom stereocenters. The summed E-state index contributed by atoms with van der Waals surface area (Å²) in [6, 6.07) is 0.918. The van der Waals surface area contributed by atoms with Crippen LogP contribution in [0.15, 0.2) is 11.1 Å². The summed E-state index contributed by atoms with van der Waals surface area (Å²) in [4.78, 5) is 10.6. The zero-order valence-electron chi connectivity index (χ0n) is 12.1. The number of hydrogen-bond acceptors (Lipinski definition) is 6. The molecule has 1 heterocycles. The predicted molar refractivity (Wildman–Crippen MR) is 49.8 cm³/mol. The lowest BCUT2D eigenvalue weighted by atomic mass is 10.6. The number of aromatic nitrogens is 2. The molecule has 0 spiro atoms. The van der Waals surface area contributed by atoms with Crippen molar-refractivity contribution in [3.63, 3.8) is 0 Å². The second kappa shape index (κ2) is 4.49. The number of nitrogens with zero attached hydrogens (tertiary/aromatic N) is 3. The maximum atomic E-state index is 6.92. The largest absolute Gasteiger partial charge is 0.481 e. The second-order valence-corrected chi connectivity index (χ2v) is 1.93. The number of isothiocyanates is 1. The molecule has 0 aliphatic carbocycles. The Bertz CT molecular complexity index is 476. The van der Waals surface area contributed by atoms with Gasteiger partial charge in [-0.15, -0.1) is 0 Å². The SMILES string of the molecule is [2H]C([2H])([2H])Oc1cc(OC([2H])([2H])[2H])nc(N=C=S)n1. The van der Waals surface area contributed by atoms with Crippen LogP contribution in [0.1, 0.15) is 8.22 Å². The fourth-order valence-corrected chi connectivity index (χ4v) is 0.669. The Morgan fingerprint density at radius 1 is 1.46 bits per heavy atom. The quantitative estimate of drug-likeness (QED) is 0.546. The molecule has 0 fully saturated rings. The van der Waals surface area contributed by atoms with Crippen molar-refractivity contribution in [1.29, 1.82) is 0 Å². The topological polar surface area (TPSA) is 56.6 Å². The standard InChI is InChI=1S/C7H7N3O2S/c1-11-5-3-6(12-2)10-7(9-5)8-4-13/h3H,1-2H3/i1D3,2D3. The van der Waals surface area contributed by atoms with E-state index in [2.05, 4.69) is 36.7 Å². The van der Waals surface area contributed by atoms with Gasteiger partial charge in [0.25, 0.3) is 5.95 Å². The summed E-state index contributed by atoms with van der Waals surface area (Å²) in [6.45, 7) is 0. The maximum Gasteiger partial charge on any atom is 0.265 e. The number of aliphatic imine (C=N–C) groups is 1. The molecule has 0 radical (unpaired) electrons. The molecule has 0 aromatic carbocycles. The van der Waals surface area contributed by atoms with Gasteiger partial charge in [-0.05, 0) is 12.2 Å². The van der Waals surface area contributed by atoms with Crippen molar-refractivity contribution in [3.05, 3.63) is 6.07 Å². The van der Waals surface area contributed by atoms with E-state index in [-0.39, 0.29) is 5.95 Å². The molecule has 1 aromatic heterocycles. The molecule has 1 rings (SSSR count). The van der Waals surface area contributed by atoms with E-state index in [1.807, 2.05) is 5.16 Å². The molecule has 1 aromatic rings. The maximum absolute atomic E-state index is 6.92. The van der Waals surface area contributed by atoms with Crippen LogP contribution in [0.3, 0.4) is 0 Å². The predicted octanol–water partition coefficient (Wildman–Crippen LogP) is 1.23. The van der Waals surface area contributed by atoms with Crippen molar-refractivity contribution in [3.8, 4) is 11.8 Å². The van der Waals surface area contributed by atoms with Gasteiger partial charge in [0, 0.05) is 0 Å². The highest BCUT2D eigenvalue weighted by molar-refractivity contribution is 7.78. The first-order valence-electron chi connectivity index (χ1n) is 5.94. The van der Waals surface area contributed by atoms with Gasteiger partial charge in [-0.2, -0.15) is 15.0 Å². The van der Waals surface area contributed by atoms with Crippen LogP contribution in [0, 0.1) is 0 Å². The fourth-order valence-electron chi connectivity index (χ4n) is 0.588. The summed E-state index contributed by atoms with van der Waals surface area (Å²) in [6.07, 6.45) is 0. The van der Waals surface area contributed by atoms with Gasteiger partial charge in [0.1, 0.15) is 0 Å². The lowest BCUT2D eigenvalue weighted by Crippen LogP contribution is -1.93. The monoisotopic (exact) mass is 203 g/mol. The van der Waals surface area contributed by atoms with Crippen molar-refractivity contribution < 1.29 is 17.7 Å². The van der Waals surface area contributed by atoms with Crippen LogP contribution in [0.2, 0.25) is 0 Å². The Balaban J connectivity index is 3.14. The van der Waals surface area contributed by atoms with Gasteiger partial charge < -0.3 is 9.47 Å². The number of ether oxygens (including phenoxy) is 2. The van der Waals surface area contributed by atoms with Gasteiger partial charge in [-0.1, -0.05) is 0 Å². The van der Waals surface area contributed by atoms with Crippen LogP contribution in [-0.2, 0) is 0 Å². The molecule has 13 heavy (non-hydrogen) atoms. The molecule has 0 aliphatic rings. The summed E-state index contributed by atoms with van der Waals surface area (Å²) in [5, 5.41) is 1.96. The highest BCUT2D eigenvalue weighted by Crippen LogP contribution is 2.18. The normalized spacial score (nSPS) is 17.5. The lowest BCUT2D eigenvalue weighted by Gasteiger charge is -2.01. The highest BCUT2D eigenvalue weighted by Gasteiger charge is 2.02. The van der Waals surface area contributed by atoms with E-state index >= 15 is 0 Å². The number of rotatable bonds is 3. The molecule has 68 valence electrons. The third-order valence-corrected chi connectivity index (χ3v) is 1.11. The van der Waals surface area contributed by atoms with Crippen molar-refractivity contribution >= 4 is 23.3 Å². The number of hydrogen-bond donors (Lipinski definition) is 0. The molecule has 5 nitrogen and oxygen atoms in total. The van der Waals surface area contributed by atoms with Gasteiger partial charge in [-0.3, -0.25) is 0 Å². The molecule has 0 N–H and O–H groups in total. The minimum atomic E-state index is -2.76. The van der Waals surface area contributed by atoms with Crippen molar-refractivity contribution in [2.45, 2.75) is 0 Å². The average molecular weight is 203 g/mol. The average Bonchev–Trinajstić information content (AvgIpc) is 2.11. The first-order chi connectivity index (χ1) is 8.59. The van der Waals surface area contributed by atoms with Crippen molar-refractivity contribution in [2.75, 3.05) is 14.1 Å². The van der Waals surface area contributed by atoms with Crippen LogP contribution < -0.4 is 9.47 Å². The molecular weight excluding hydrogens is 190 g/mol. The van der Waals surface area contributed by atoms with E-state index in [0.717, 1.165) is 6.07 Å². The van der Waals surface area contributed by atoms with Crippen LogP contribution in [0.25, 0.3) is 0 Å². The van der Waals surface area contributed by atoms with Crippen LogP contribution >= 0.6 is 12.2 Å². The van der Waals surface area contributed by atoms with E-state index in [4.69, 9.17) is 8.22 Å². The lowest BCUT2D eigenvalue weighted by molar-refractivity contribution is 0.372. The Morgan fingerprint density at radius 2 is 2.08 bits per heavy atom. The molecule has 0 saturated heterocycles. The summed E-state index contributed by atoms with van der Waals surface area (Å²) < 4.78 is 50.6. The van der Waals surface area contributed by atoms with E-state index in [0.29, 0.717) is 0 Å². The minimum absolute atomic E-state index is 0.323. The fraction of sp³-hybridized carbons (Fsp3) is 0.286. The Morgan fingerprint density at radius 3 is 2.54 bits per heavy atom. The molecule has 6 heteroatoms. The molecular formula is C7H7N3O2S.